The van der Waals surface area contributed by atoms with Gasteiger partial charge in [0.1, 0.15) is 0 Å². The zero-order chi connectivity index (χ0) is 22.8. The topological polar surface area (TPSA) is 84.8 Å². The maximum absolute atomic E-state index is 11.1. The van der Waals surface area contributed by atoms with Crippen molar-refractivity contribution in [1.29, 1.82) is 0 Å². The zero-order valence-electron chi connectivity index (χ0n) is 18.6. The Morgan fingerprint density at radius 3 is 2.69 bits per heavy atom. The van der Waals surface area contributed by atoms with Crippen molar-refractivity contribution in [2.45, 2.75) is 33.1 Å². The highest BCUT2D eigenvalue weighted by Gasteiger charge is 2.06. The number of nitrogens with zero attached hydrogens (tertiary/aromatic N) is 2. The van der Waals surface area contributed by atoms with Crippen molar-refractivity contribution < 1.29 is 14.3 Å². The Hall–Kier alpha value is -3.39. The quantitative estimate of drug-likeness (QED) is 0.218. The lowest BCUT2D eigenvalue weighted by Crippen LogP contribution is -2.05. The molecular formula is C24H28N4O3S. The van der Waals surface area contributed by atoms with Crippen molar-refractivity contribution in [3.63, 3.8) is 0 Å². The van der Waals surface area contributed by atoms with E-state index in [-0.39, 0.29) is 5.91 Å². The lowest BCUT2D eigenvalue weighted by atomic mass is 10.1. The number of thiazole rings is 1. The molecule has 0 spiro atoms. The second-order valence-corrected chi connectivity index (χ2v) is 7.99. The van der Waals surface area contributed by atoms with Gasteiger partial charge in [-0.05, 0) is 42.3 Å². The smallest absolute Gasteiger partial charge is 0.221 e. The molecule has 0 unspecified atom stereocenters. The number of rotatable bonds is 11. The summed E-state index contributed by atoms with van der Waals surface area (Å²) in [5.41, 5.74) is 6.42. The van der Waals surface area contributed by atoms with Crippen LogP contribution in [0, 0.1) is 0 Å². The van der Waals surface area contributed by atoms with Crippen molar-refractivity contribution in [2.75, 3.05) is 24.5 Å². The van der Waals surface area contributed by atoms with E-state index in [9.17, 15) is 4.79 Å². The summed E-state index contributed by atoms with van der Waals surface area (Å²) in [6.45, 7) is 4.34. The Labute approximate surface area is 192 Å². The molecule has 0 saturated carbocycles. The molecule has 168 valence electrons. The van der Waals surface area contributed by atoms with Gasteiger partial charge in [-0.1, -0.05) is 31.9 Å². The maximum atomic E-state index is 11.1. The summed E-state index contributed by atoms with van der Waals surface area (Å²) in [4.78, 5) is 15.7. The van der Waals surface area contributed by atoms with Gasteiger partial charge in [-0.25, -0.2) is 4.98 Å². The van der Waals surface area contributed by atoms with Crippen LogP contribution < -0.4 is 20.2 Å². The molecule has 0 aliphatic rings. The molecule has 32 heavy (non-hydrogen) atoms. The first-order chi connectivity index (χ1) is 15.6. The van der Waals surface area contributed by atoms with Gasteiger partial charge in [0, 0.05) is 23.6 Å². The second kappa shape index (κ2) is 11.9. The molecule has 7 nitrogen and oxygen atoms in total. The first kappa shape index (κ1) is 23.3. The summed E-state index contributed by atoms with van der Waals surface area (Å²) in [5, 5.41) is 9.68. The van der Waals surface area contributed by atoms with Crippen LogP contribution >= 0.6 is 11.3 Å². The van der Waals surface area contributed by atoms with Crippen molar-refractivity contribution in [3.8, 4) is 22.8 Å². The molecule has 1 heterocycles. The number of hydrazone groups is 1. The standard InChI is InChI=1S/C24H28N4O3S/c1-4-5-6-13-31-22-12-7-18(14-23(22)30-3)15-25-28-24-27-21(16-32-24)19-8-10-20(11-9-19)26-17(2)29/h7-12,14-16H,4-6,13H2,1-3H3,(H,26,29)(H,27,28)/b25-15-. The summed E-state index contributed by atoms with van der Waals surface area (Å²) in [5.74, 6) is 1.33. The largest absolute Gasteiger partial charge is 0.493 e. The van der Waals surface area contributed by atoms with E-state index in [2.05, 4.69) is 27.8 Å². The van der Waals surface area contributed by atoms with Gasteiger partial charge in [-0.2, -0.15) is 5.10 Å². The number of anilines is 2. The Morgan fingerprint density at radius 1 is 1.16 bits per heavy atom. The normalized spacial score (nSPS) is 10.8. The highest BCUT2D eigenvalue weighted by molar-refractivity contribution is 7.14. The summed E-state index contributed by atoms with van der Waals surface area (Å²) in [6, 6.07) is 13.3. The van der Waals surface area contributed by atoms with E-state index in [0.29, 0.717) is 17.5 Å². The van der Waals surface area contributed by atoms with Gasteiger partial charge in [0.05, 0.1) is 25.6 Å². The fourth-order valence-electron chi connectivity index (χ4n) is 2.97. The number of benzene rings is 2. The van der Waals surface area contributed by atoms with Gasteiger partial charge < -0.3 is 14.8 Å². The number of ether oxygens (including phenoxy) is 2. The molecule has 0 radical (unpaired) electrons. The van der Waals surface area contributed by atoms with Crippen LogP contribution in [0.4, 0.5) is 10.8 Å². The monoisotopic (exact) mass is 452 g/mol. The van der Waals surface area contributed by atoms with Crippen LogP contribution in [0.3, 0.4) is 0 Å². The van der Waals surface area contributed by atoms with E-state index in [4.69, 9.17) is 9.47 Å². The van der Waals surface area contributed by atoms with Gasteiger partial charge >= 0.3 is 0 Å². The van der Waals surface area contributed by atoms with Crippen LogP contribution in [0.5, 0.6) is 11.5 Å². The third kappa shape index (κ3) is 6.81. The molecule has 3 rings (SSSR count). The van der Waals surface area contributed by atoms with Crippen LogP contribution in [0.25, 0.3) is 11.3 Å². The van der Waals surface area contributed by atoms with E-state index >= 15 is 0 Å². The number of carbonyl (C=O) groups is 1. The molecule has 0 saturated heterocycles. The molecule has 1 aromatic heterocycles. The average molecular weight is 453 g/mol. The number of hydrogen-bond acceptors (Lipinski definition) is 7. The van der Waals surface area contributed by atoms with Crippen molar-refractivity contribution in [3.05, 3.63) is 53.4 Å². The number of methoxy groups -OCH3 is 1. The average Bonchev–Trinajstić information content (AvgIpc) is 3.26. The first-order valence-corrected chi connectivity index (χ1v) is 11.4. The second-order valence-electron chi connectivity index (χ2n) is 7.13. The Balaban J connectivity index is 1.58. The predicted molar refractivity (Wildman–Crippen MR) is 131 cm³/mol. The lowest BCUT2D eigenvalue weighted by Gasteiger charge is -2.11. The Kier molecular flexibility index (Phi) is 8.62. The van der Waals surface area contributed by atoms with E-state index < -0.39 is 0 Å². The first-order valence-electron chi connectivity index (χ1n) is 10.5. The van der Waals surface area contributed by atoms with E-state index in [0.717, 1.165) is 47.5 Å². The molecule has 8 heteroatoms. The molecular weight excluding hydrogens is 424 g/mol. The van der Waals surface area contributed by atoms with E-state index in [1.807, 2.05) is 47.8 Å². The zero-order valence-corrected chi connectivity index (χ0v) is 19.4. The minimum atomic E-state index is -0.0949. The van der Waals surface area contributed by atoms with Crippen LogP contribution in [0.1, 0.15) is 38.7 Å². The Bertz CT molecular complexity index is 1050. The van der Waals surface area contributed by atoms with Crippen LogP contribution in [-0.4, -0.2) is 30.8 Å². The number of carbonyl (C=O) groups excluding carboxylic acids is 1. The third-order valence-corrected chi connectivity index (χ3v) is 5.32. The van der Waals surface area contributed by atoms with Crippen molar-refractivity contribution in [1.82, 2.24) is 4.98 Å². The summed E-state index contributed by atoms with van der Waals surface area (Å²) >= 11 is 1.47. The molecule has 0 bridgehead atoms. The summed E-state index contributed by atoms with van der Waals surface area (Å²) < 4.78 is 11.3. The van der Waals surface area contributed by atoms with Gasteiger partial charge in [0.15, 0.2) is 11.5 Å². The lowest BCUT2D eigenvalue weighted by molar-refractivity contribution is -0.114. The van der Waals surface area contributed by atoms with Gasteiger partial charge in [-0.3, -0.25) is 10.2 Å². The van der Waals surface area contributed by atoms with Crippen LogP contribution in [0.15, 0.2) is 52.9 Å². The molecule has 2 N–H and O–H groups in total. The third-order valence-electron chi connectivity index (χ3n) is 4.57. The molecule has 2 aromatic carbocycles. The minimum Gasteiger partial charge on any atom is -0.493 e. The molecule has 0 atom stereocenters. The van der Waals surface area contributed by atoms with Gasteiger partial charge in [-0.15, -0.1) is 11.3 Å². The fraction of sp³-hybridized carbons (Fsp3) is 0.292. The number of hydrogen-bond donors (Lipinski definition) is 2. The molecule has 0 fully saturated rings. The SMILES string of the molecule is CCCCCOc1ccc(/C=N\Nc2nc(-c3ccc(NC(C)=O)cc3)cs2)cc1OC. The maximum Gasteiger partial charge on any atom is 0.221 e. The van der Waals surface area contributed by atoms with Gasteiger partial charge in [0.25, 0.3) is 0 Å². The van der Waals surface area contributed by atoms with Crippen molar-refractivity contribution >= 4 is 34.3 Å². The number of aromatic nitrogens is 1. The highest BCUT2D eigenvalue weighted by Crippen LogP contribution is 2.28. The molecule has 3 aromatic rings. The molecule has 0 aliphatic carbocycles. The van der Waals surface area contributed by atoms with Crippen molar-refractivity contribution in [2.24, 2.45) is 5.10 Å². The number of amides is 1. The van der Waals surface area contributed by atoms with Gasteiger partial charge in [0.2, 0.25) is 11.0 Å². The number of nitrogens with one attached hydrogen (secondary N) is 2. The van der Waals surface area contributed by atoms with Crippen LogP contribution in [-0.2, 0) is 4.79 Å². The predicted octanol–water partition coefficient (Wildman–Crippen LogP) is 5.79. The highest BCUT2D eigenvalue weighted by atomic mass is 32.1. The Morgan fingerprint density at radius 2 is 1.97 bits per heavy atom. The van der Waals surface area contributed by atoms with Crippen LogP contribution in [0.2, 0.25) is 0 Å². The summed E-state index contributed by atoms with van der Waals surface area (Å²) in [7, 11) is 1.63. The fourth-order valence-corrected chi connectivity index (χ4v) is 3.63. The number of unbranched alkanes of at least 4 members (excludes halogenated alkanes) is 2. The minimum absolute atomic E-state index is 0.0949. The summed E-state index contributed by atoms with van der Waals surface area (Å²) in [6.07, 6.45) is 5.06. The molecule has 1 amide bonds. The van der Waals surface area contributed by atoms with E-state index in [1.165, 1.54) is 18.3 Å². The van der Waals surface area contributed by atoms with E-state index in [1.54, 1.807) is 13.3 Å². The molecule has 0 aliphatic heterocycles.